The zero-order valence-corrected chi connectivity index (χ0v) is 20.6. The molecule has 2 atom stereocenters. The Labute approximate surface area is 197 Å². The highest BCUT2D eigenvalue weighted by atomic mass is 32.2. The van der Waals surface area contributed by atoms with Crippen molar-refractivity contribution < 1.29 is 14.3 Å². The van der Waals surface area contributed by atoms with Gasteiger partial charge in [-0.3, -0.25) is 9.59 Å². The molecule has 5 nitrogen and oxygen atoms in total. The summed E-state index contributed by atoms with van der Waals surface area (Å²) in [6.45, 7) is 8.41. The van der Waals surface area contributed by atoms with E-state index < -0.39 is 4.75 Å². The lowest BCUT2D eigenvalue weighted by Crippen LogP contribution is -2.33. The van der Waals surface area contributed by atoms with Crippen LogP contribution in [0.4, 0.5) is 11.4 Å². The number of carbonyl (C=O) groups is 2. The summed E-state index contributed by atoms with van der Waals surface area (Å²) in [4.78, 5) is 27.3. The van der Waals surface area contributed by atoms with Gasteiger partial charge in [0.1, 0.15) is 5.76 Å². The van der Waals surface area contributed by atoms with Crippen molar-refractivity contribution in [2.45, 2.75) is 76.9 Å². The standard InChI is InChI=1S/C26H38N2O3S/c1-4-5-6-8-13-20(2)26(3)23(18-25(30)32-26)31-19-24(29)27-21-14-9-10-15-22(21)28-16-11-7-12-17-28/h9-10,14-15,18,20H,4-8,11-13,16-17,19H2,1-3H3,(H,27,29). The summed E-state index contributed by atoms with van der Waals surface area (Å²) in [5.41, 5.74) is 1.89. The van der Waals surface area contributed by atoms with Crippen molar-refractivity contribution >= 4 is 34.2 Å². The molecular formula is C26H38N2O3S. The van der Waals surface area contributed by atoms with E-state index >= 15 is 0 Å². The Morgan fingerprint density at radius 3 is 2.69 bits per heavy atom. The molecule has 2 unspecified atom stereocenters. The summed E-state index contributed by atoms with van der Waals surface area (Å²) in [7, 11) is 0. The lowest BCUT2D eigenvalue weighted by Gasteiger charge is -2.32. The van der Waals surface area contributed by atoms with Gasteiger partial charge in [0.15, 0.2) is 6.61 Å². The molecule has 6 heteroatoms. The van der Waals surface area contributed by atoms with Gasteiger partial charge in [0.05, 0.1) is 16.1 Å². The molecule has 1 aromatic carbocycles. The third kappa shape index (κ3) is 6.31. The van der Waals surface area contributed by atoms with Gasteiger partial charge < -0.3 is 15.0 Å². The quantitative estimate of drug-likeness (QED) is 0.403. The minimum absolute atomic E-state index is 0.0127. The summed E-state index contributed by atoms with van der Waals surface area (Å²) in [6, 6.07) is 7.96. The van der Waals surface area contributed by atoms with E-state index in [0.717, 1.165) is 37.3 Å². The number of para-hydroxylation sites is 2. The van der Waals surface area contributed by atoms with Crippen LogP contribution in [0.1, 0.15) is 72.1 Å². The number of rotatable bonds is 11. The molecule has 176 valence electrons. The number of benzene rings is 1. The highest BCUT2D eigenvalue weighted by Crippen LogP contribution is 2.47. The molecule has 0 bridgehead atoms. The fourth-order valence-electron chi connectivity index (χ4n) is 4.54. The average Bonchev–Trinajstić information content (AvgIpc) is 3.10. The van der Waals surface area contributed by atoms with Crippen molar-refractivity contribution in [1.82, 2.24) is 0 Å². The summed E-state index contributed by atoms with van der Waals surface area (Å²) in [5.74, 6) is 0.734. The van der Waals surface area contributed by atoms with Crippen molar-refractivity contribution in [3.8, 4) is 0 Å². The number of nitrogens with zero attached hydrogens (tertiary/aromatic N) is 1. The predicted molar refractivity (Wildman–Crippen MR) is 134 cm³/mol. The van der Waals surface area contributed by atoms with E-state index in [2.05, 4.69) is 37.1 Å². The second-order valence-electron chi connectivity index (χ2n) is 9.19. The number of ether oxygens (including phenoxy) is 1. The SMILES string of the molecule is CCCCCCC(C)C1(C)SC(=O)C=C1OCC(=O)Nc1ccccc1N1CCCCC1. The normalized spacial score (nSPS) is 21.9. The van der Waals surface area contributed by atoms with E-state index in [-0.39, 0.29) is 17.6 Å². The average molecular weight is 459 g/mol. The first kappa shape index (κ1) is 24.7. The van der Waals surface area contributed by atoms with Gasteiger partial charge in [0, 0.05) is 19.2 Å². The van der Waals surface area contributed by atoms with Gasteiger partial charge in [-0.05, 0) is 50.7 Å². The molecule has 0 spiro atoms. The van der Waals surface area contributed by atoms with Gasteiger partial charge in [-0.15, -0.1) is 0 Å². The fraction of sp³-hybridized carbons (Fsp3) is 0.615. The van der Waals surface area contributed by atoms with Crippen LogP contribution in [0.2, 0.25) is 0 Å². The van der Waals surface area contributed by atoms with Crippen LogP contribution in [-0.4, -0.2) is 35.5 Å². The molecule has 0 aliphatic carbocycles. The first-order valence-corrected chi connectivity index (χ1v) is 13.0. The summed E-state index contributed by atoms with van der Waals surface area (Å²) in [6.07, 6.45) is 11.1. The van der Waals surface area contributed by atoms with Gasteiger partial charge >= 0.3 is 0 Å². The van der Waals surface area contributed by atoms with Gasteiger partial charge in [-0.1, -0.05) is 63.4 Å². The molecule has 0 aromatic heterocycles. The fourth-order valence-corrected chi connectivity index (χ4v) is 5.66. The summed E-state index contributed by atoms with van der Waals surface area (Å²) in [5, 5.41) is 3.04. The molecular weight excluding hydrogens is 420 g/mol. The van der Waals surface area contributed by atoms with Gasteiger partial charge in [0.25, 0.3) is 5.91 Å². The first-order chi connectivity index (χ1) is 15.4. The Morgan fingerprint density at radius 2 is 1.94 bits per heavy atom. The minimum Gasteiger partial charge on any atom is -0.486 e. The molecule has 3 rings (SSSR count). The van der Waals surface area contributed by atoms with Crippen LogP contribution >= 0.6 is 11.8 Å². The van der Waals surface area contributed by atoms with Crippen molar-refractivity contribution in [2.75, 3.05) is 29.9 Å². The molecule has 0 saturated carbocycles. The van der Waals surface area contributed by atoms with Crippen LogP contribution in [0, 0.1) is 5.92 Å². The summed E-state index contributed by atoms with van der Waals surface area (Å²) < 4.78 is 5.54. The maximum Gasteiger partial charge on any atom is 0.262 e. The number of unbranched alkanes of at least 4 members (excludes halogenated alkanes) is 3. The number of hydrogen-bond donors (Lipinski definition) is 1. The third-order valence-electron chi connectivity index (χ3n) is 6.72. The molecule has 1 amide bonds. The van der Waals surface area contributed by atoms with Crippen molar-refractivity contribution in [2.24, 2.45) is 5.92 Å². The van der Waals surface area contributed by atoms with Crippen LogP contribution in [0.15, 0.2) is 36.1 Å². The van der Waals surface area contributed by atoms with Gasteiger partial charge in [0.2, 0.25) is 5.12 Å². The second kappa shape index (κ2) is 11.8. The molecule has 2 aliphatic rings. The number of piperidine rings is 1. The van der Waals surface area contributed by atoms with Gasteiger partial charge in [-0.25, -0.2) is 0 Å². The molecule has 1 fully saturated rings. The Bertz CT molecular complexity index is 819. The molecule has 0 radical (unpaired) electrons. The molecule has 2 heterocycles. The molecule has 32 heavy (non-hydrogen) atoms. The predicted octanol–water partition coefficient (Wildman–Crippen LogP) is 6.15. The molecule has 1 saturated heterocycles. The van der Waals surface area contributed by atoms with Gasteiger partial charge in [-0.2, -0.15) is 0 Å². The highest BCUT2D eigenvalue weighted by Gasteiger charge is 2.44. The van der Waals surface area contributed by atoms with Crippen molar-refractivity contribution in [3.05, 3.63) is 36.1 Å². The lowest BCUT2D eigenvalue weighted by atomic mass is 9.88. The smallest absolute Gasteiger partial charge is 0.262 e. The Balaban J connectivity index is 1.58. The Kier molecular flexibility index (Phi) is 9.09. The zero-order chi connectivity index (χ0) is 23.0. The number of carbonyl (C=O) groups excluding carboxylic acids is 2. The second-order valence-corrected chi connectivity index (χ2v) is 10.6. The summed E-state index contributed by atoms with van der Waals surface area (Å²) >= 11 is 1.33. The topological polar surface area (TPSA) is 58.6 Å². The number of amides is 1. The number of anilines is 2. The third-order valence-corrected chi connectivity index (χ3v) is 8.06. The minimum atomic E-state index is -0.407. The van der Waals surface area contributed by atoms with E-state index in [9.17, 15) is 9.59 Å². The highest BCUT2D eigenvalue weighted by molar-refractivity contribution is 8.15. The van der Waals surface area contributed by atoms with Crippen LogP contribution in [0.5, 0.6) is 0 Å². The van der Waals surface area contributed by atoms with Crippen LogP contribution < -0.4 is 10.2 Å². The first-order valence-electron chi connectivity index (χ1n) is 12.2. The monoisotopic (exact) mass is 458 g/mol. The van der Waals surface area contributed by atoms with Crippen molar-refractivity contribution in [1.29, 1.82) is 0 Å². The number of hydrogen-bond acceptors (Lipinski definition) is 5. The Hall–Kier alpha value is -1.95. The maximum atomic E-state index is 12.7. The van der Waals surface area contributed by atoms with Crippen LogP contribution in [0.25, 0.3) is 0 Å². The van der Waals surface area contributed by atoms with Crippen molar-refractivity contribution in [3.63, 3.8) is 0 Å². The van der Waals surface area contributed by atoms with E-state index in [0.29, 0.717) is 11.7 Å². The zero-order valence-electron chi connectivity index (χ0n) is 19.8. The number of nitrogens with one attached hydrogen (secondary N) is 1. The largest absolute Gasteiger partial charge is 0.486 e. The maximum absolute atomic E-state index is 12.7. The molecule has 1 N–H and O–H groups in total. The van der Waals surface area contributed by atoms with E-state index in [4.69, 9.17) is 4.74 Å². The van der Waals surface area contributed by atoms with E-state index in [1.54, 1.807) is 6.08 Å². The molecule has 2 aliphatic heterocycles. The Morgan fingerprint density at radius 1 is 1.19 bits per heavy atom. The lowest BCUT2D eigenvalue weighted by molar-refractivity contribution is -0.119. The van der Waals surface area contributed by atoms with Crippen LogP contribution in [-0.2, 0) is 14.3 Å². The van der Waals surface area contributed by atoms with E-state index in [1.165, 1.54) is 50.3 Å². The van der Waals surface area contributed by atoms with E-state index in [1.807, 2.05) is 18.2 Å². The molecule has 1 aromatic rings. The number of thioether (sulfide) groups is 1. The van der Waals surface area contributed by atoms with Crippen LogP contribution in [0.3, 0.4) is 0 Å².